The van der Waals surface area contributed by atoms with Crippen molar-refractivity contribution in [2.24, 2.45) is 5.92 Å². The lowest BCUT2D eigenvalue weighted by molar-refractivity contribution is -0.120. The number of amides is 1. The molecule has 4 heteroatoms. The highest BCUT2D eigenvalue weighted by molar-refractivity contribution is 5.92. The van der Waals surface area contributed by atoms with Gasteiger partial charge in [-0.3, -0.25) is 4.79 Å². The first kappa shape index (κ1) is 17.8. The van der Waals surface area contributed by atoms with Gasteiger partial charge in [-0.05, 0) is 54.5 Å². The standard InChI is InChI=1S/C23H27N3O/c1-15-5-12-21-25-19-11-6-16(13-20(19)26(21)14-15)22(27)24-18-9-7-17(8-10-18)23(2,3)4/h5,7-10,12,14,16H,6,11,13H2,1-4H3,(H,24,27). The van der Waals surface area contributed by atoms with Crippen LogP contribution in [0.5, 0.6) is 0 Å². The highest BCUT2D eigenvalue weighted by Gasteiger charge is 2.28. The van der Waals surface area contributed by atoms with E-state index in [2.05, 4.69) is 67.9 Å². The lowest BCUT2D eigenvalue weighted by atomic mass is 9.87. The molecule has 0 fully saturated rings. The Morgan fingerprint density at radius 1 is 1.15 bits per heavy atom. The smallest absolute Gasteiger partial charge is 0.227 e. The predicted octanol–water partition coefficient (Wildman–Crippen LogP) is 4.68. The van der Waals surface area contributed by atoms with E-state index in [0.717, 1.165) is 36.3 Å². The van der Waals surface area contributed by atoms with E-state index in [1.54, 1.807) is 0 Å². The van der Waals surface area contributed by atoms with Gasteiger partial charge in [-0.2, -0.15) is 0 Å². The fourth-order valence-corrected chi connectivity index (χ4v) is 3.83. The van der Waals surface area contributed by atoms with Gasteiger partial charge in [-0.15, -0.1) is 0 Å². The number of pyridine rings is 1. The number of imidazole rings is 1. The number of fused-ring (bicyclic) bond motifs is 3. The molecule has 3 aromatic rings. The van der Waals surface area contributed by atoms with Crippen molar-refractivity contribution in [1.82, 2.24) is 9.38 Å². The first-order valence-corrected chi connectivity index (χ1v) is 9.69. The minimum absolute atomic E-state index is 0.0137. The summed E-state index contributed by atoms with van der Waals surface area (Å²) in [6.07, 6.45) is 4.57. The molecule has 140 valence electrons. The molecule has 1 aromatic carbocycles. The van der Waals surface area contributed by atoms with E-state index in [-0.39, 0.29) is 17.2 Å². The van der Waals surface area contributed by atoms with Crippen molar-refractivity contribution in [2.75, 3.05) is 5.32 Å². The first-order valence-electron chi connectivity index (χ1n) is 9.69. The molecule has 0 radical (unpaired) electrons. The van der Waals surface area contributed by atoms with Gasteiger partial charge in [-0.25, -0.2) is 4.98 Å². The van der Waals surface area contributed by atoms with E-state index in [1.165, 1.54) is 16.8 Å². The summed E-state index contributed by atoms with van der Waals surface area (Å²) in [5, 5.41) is 3.10. The lowest BCUT2D eigenvalue weighted by Gasteiger charge is -2.22. The lowest BCUT2D eigenvalue weighted by Crippen LogP contribution is -2.28. The van der Waals surface area contributed by atoms with Crippen LogP contribution in [0.2, 0.25) is 0 Å². The zero-order valence-corrected chi connectivity index (χ0v) is 16.5. The van der Waals surface area contributed by atoms with Gasteiger partial charge in [0, 0.05) is 29.9 Å². The maximum Gasteiger partial charge on any atom is 0.227 e. The molecule has 1 N–H and O–H groups in total. The Balaban J connectivity index is 1.51. The van der Waals surface area contributed by atoms with Crippen molar-refractivity contribution in [3.63, 3.8) is 0 Å². The molecule has 1 aliphatic rings. The minimum Gasteiger partial charge on any atom is -0.326 e. The summed E-state index contributed by atoms with van der Waals surface area (Å²) in [6.45, 7) is 8.66. The van der Waals surface area contributed by atoms with Crippen LogP contribution >= 0.6 is 0 Å². The minimum atomic E-state index is -0.0137. The first-order chi connectivity index (χ1) is 12.8. The predicted molar refractivity (Wildman–Crippen MR) is 109 cm³/mol. The molecule has 4 nitrogen and oxygen atoms in total. The van der Waals surface area contributed by atoms with Crippen LogP contribution in [0.15, 0.2) is 42.6 Å². The second-order valence-corrected chi connectivity index (χ2v) is 8.70. The summed E-state index contributed by atoms with van der Waals surface area (Å²) in [5.41, 5.74) is 6.75. The molecule has 2 aromatic heterocycles. The monoisotopic (exact) mass is 361 g/mol. The number of nitrogens with zero attached hydrogens (tertiary/aromatic N) is 2. The number of carbonyl (C=O) groups excluding carboxylic acids is 1. The third-order valence-corrected chi connectivity index (χ3v) is 5.51. The summed E-state index contributed by atoms with van der Waals surface area (Å²) in [7, 11) is 0. The molecule has 0 saturated heterocycles. The van der Waals surface area contributed by atoms with Crippen molar-refractivity contribution in [3.05, 3.63) is 65.1 Å². The van der Waals surface area contributed by atoms with Crippen molar-refractivity contribution >= 4 is 17.2 Å². The molecule has 0 saturated carbocycles. The Hall–Kier alpha value is -2.62. The third kappa shape index (κ3) is 3.48. The second kappa shape index (κ2) is 6.52. The van der Waals surface area contributed by atoms with Crippen molar-refractivity contribution in [1.29, 1.82) is 0 Å². The highest BCUT2D eigenvalue weighted by Crippen LogP contribution is 2.28. The Bertz CT molecular complexity index is 993. The number of hydrogen-bond donors (Lipinski definition) is 1. The quantitative estimate of drug-likeness (QED) is 0.720. The number of anilines is 1. The maximum absolute atomic E-state index is 12.8. The Morgan fingerprint density at radius 2 is 1.89 bits per heavy atom. The van der Waals surface area contributed by atoms with Gasteiger partial charge in [0.15, 0.2) is 0 Å². The van der Waals surface area contributed by atoms with Gasteiger partial charge in [-0.1, -0.05) is 39.0 Å². The zero-order valence-electron chi connectivity index (χ0n) is 16.5. The largest absolute Gasteiger partial charge is 0.326 e. The fraction of sp³-hybridized carbons (Fsp3) is 0.391. The van der Waals surface area contributed by atoms with E-state index in [4.69, 9.17) is 4.98 Å². The van der Waals surface area contributed by atoms with Crippen molar-refractivity contribution in [2.45, 2.75) is 52.4 Å². The van der Waals surface area contributed by atoms with Crippen LogP contribution in [0.1, 0.15) is 49.7 Å². The van der Waals surface area contributed by atoms with Crippen LogP contribution in [-0.4, -0.2) is 15.3 Å². The molecule has 0 bridgehead atoms. The Labute approximate surface area is 160 Å². The molecule has 1 aliphatic carbocycles. The van der Waals surface area contributed by atoms with Gasteiger partial charge in [0.25, 0.3) is 0 Å². The number of carbonyl (C=O) groups is 1. The van der Waals surface area contributed by atoms with E-state index in [1.807, 2.05) is 12.1 Å². The van der Waals surface area contributed by atoms with E-state index >= 15 is 0 Å². The maximum atomic E-state index is 12.8. The summed E-state index contributed by atoms with van der Waals surface area (Å²) in [6, 6.07) is 12.3. The molecule has 4 rings (SSSR count). The van der Waals surface area contributed by atoms with Gasteiger partial charge < -0.3 is 9.72 Å². The van der Waals surface area contributed by atoms with Crippen LogP contribution in [-0.2, 0) is 23.1 Å². The molecule has 1 atom stereocenters. The third-order valence-electron chi connectivity index (χ3n) is 5.51. The molecular formula is C23H27N3O. The van der Waals surface area contributed by atoms with Crippen LogP contribution in [0.4, 0.5) is 5.69 Å². The Kier molecular flexibility index (Phi) is 4.29. The normalized spacial score (nSPS) is 17.0. The average Bonchev–Trinajstić information content (AvgIpc) is 2.98. The zero-order chi connectivity index (χ0) is 19.2. The summed E-state index contributed by atoms with van der Waals surface area (Å²) >= 11 is 0. The van der Waals surface area contributed by atoms with E-state index in [0.29, 0.717) is 0 Å². The van der Waals surface area contributed by atoms with Crippen LogP contribution < -0.4 is 5.32 Å². The van der Waals surface area contributed by atoms with Gasteiger partial charge in [0.05, 0.1) is 5.69 Å². The summed E-state index contributed by atoms with van der Waals surface area (Å²) in [5.74, 6) is 0.0898. The van der Waals surface area contributed by atoms with Gasteiger partial charge in [0.2, 0.25) is 5.91 Å². The van der Waals surface area contributed by atoms with Crippen molar-refractivity contribution in [3.8, 4) is 0 Å². The average molecular weight is 361 g/mol. The van der Waals surface area contributed by atoms with E-state index in [9.17, 15) is 4.79 Å². The number of aryl methyl sites for hydroxylation is 2. The highest BCUT2D eigenvalue weighted by atomic mass is 16.1. The topological polar surface area (TPSA) is 46.4 Å². The molecule has 27 heavy (non-hydrogen) atoms. The van der Waals surface area contributed by atoms with Crippen LogP contribution in [0.3, 0.4) is 0 Å². The number of benzene rings is 1. The number of rotatable bonds is 2. The molecular weight excluding hydrogens is 334 g/mol. The Morgan fingerprint density at radius 3 is 2.59 bits per heavy atom. The van der Waals surface area contributed by atoms with Crippen molar-refractivity contribution < 1.29 is 4.79 Å². The molecule has 0 spiro atoms. The number of aromatic nitrogens is 2. The van der Waals surface area contributed by atoms with Gasteiger partial charge >= 0.3 is 0 Å². The van der Waals surface area contributed by atoms with Gasteiger partial charge in [0.1, 0.15) is 5.65 Å². The summed E-state index contributed by atoms with van der Waals surface area (Å²) < 4.78 is 2.15. The summed E-state index contributed by atoms with van der Waals surface area (Å²) in [4.78, 5) is 17.6. The fourth-order valence-electron chi connectivity index (χ4n) is 3.83. The van der Waals surface area contributed by atoms with Crippen LogP contribution in [0, 0.1) is 12.8 Å². The van der Waals surface area contributed by atoms with Crippen LogP contribution in [0.25, 0.3) is 5.65 Å². The molecule has 0 aliphatic heterocycles. The molecule has 1 amide bonds. The molecule has 1 unspecified atom stereocenters. The SMILES string of the molecule is Cc1ccc2nc3c(n2c1)CC(C(=O)Nc1ccc(C(C)(C)C)cc1)CC3. The number of nitrogens with one attached hydrogen (secondary N) is 1. The molecule has 2 heterocycles. The second-order valence-electron chi connectivity index (χ2n) is 8.70. The number of hydrogen-bond acceptors (Lipinski definition) is 2. The van der Waals surface area contributed by atoms with E-state index < -0.39 is 0 Å².